The fourth-order valence-electron chi connectivity index (χ4n) is 3.27. The van der Waals surface area contributed by atoms with Crippen molar-refractivity contribution in [1.82, 2.24) is 10.6 Å². The van der Waals surface area contributed by atoms with Crippen molar-refractivity contribution >= 4 is 29.9 Å². The summed E-state index contributed by atoms with van der Waals surface area (Å²) in [6.45, 7) is 5.21. The molecule has 0 saturated heterocycles. The third-order valence-corrected chi connectivity index (χ3v) is 5.13. The average molecular weight is 491 g/mol. The van der Waals surface area contributed by atoms with Crippen LogP contribution in [0.4, 0.5) is 0 Å². The molecule has 1 aromatic rings. The van der Waals surface area contributed by atoms with Crippen LogP contribution >= 0.6 is 24.0 Å². The van der Waals surface area contributed by atoms with E-state index in [0.717, 1.165) is 49.1 Å². The summed E-state index contributed by atoms with van der Waals surface area (Å²) in [5, 5.41) is 6.85. The monoisotopic (exact) mass is 491 g/mol. The normalized spacial score (nSPS) is 15.3. The largest absolute Gasteiger partial charge is 0.497 e. The number of nitrogens with zero attached hydrogens (tertiary/aromatic N) is 1. The first-order chi connectivity index (χ1) is 12.7. The zero-order valence-corrected chi connectivity index (χ0v) is 19.3. The molecule has 0 atom stereocenters. The fourth-order valence-corrected chi connectivity index (χ4v) is 3.27. The van der Waals surface area contributed by atoms with Gasteiger partial charge in [0.2, 0.25) is 0 Å². The molecular weight excluding hydrogens is 457 g/mol. The van der Waals surface area contributed by atoms with Gasteiger partial charge in [0.05, 0.1) is 20.8 Å². The Hall–Kier alpha value is -1.22. The zero-order chi connectivity index (χ0) is 18.8. The number of hydrogen-bond donors (Lipinski definition) is 2. The number of benzene rings is 1. The van der Waals surface area contributed by atoms with Gasteiger partial charge in [0, 0.05) is 38.4 Å². The van der Waals surface area contributed by atoms with Crippen molar-refractivity contribution in [3.05, 3.63) is 23.8 Å². The molecule has 0 heterocycles. The Bertz CT molecular complexity index is 592. The molecule has 7 heteroatoms. The van der Waals surface area contributed by atoms with Crippen molar-refractivity contribution in [3.63, 3.8) is 0 Å². The van der Waals surface area contributed by atoms with Crippen LogP contribution in [0.1, 0.15) is 38.2 Å². The van der Waals surface area contributed by atoms with Crippen LogP contribution < -0.4 is 20.1 Å². The smallest absolute Gasteiger partial charge is 0.191 e. The van der Waals surface area contributed by atoms with Crippen LogP contribution in [-0.2, 0) is 11.3 Å². The maximum Gasteiger partial charge on any atom is 0.191 e. The van der Waals surface area contributed by atoms with E-state index in [2.05, 4.69) is 17.6 Å². The minimum Gasteiger partial charge on any atom is -0.497 e. The second kappa shape index (κ2) is 12.3. The minimum atomic E-state index is 0. The molecule has 1 aromatic carbocycles. The molecule has 154 valence electrons. The van der Waals surface area contributed by atoms with Crippen LogP contribution in [-0.4, -0.2) is 47.0 Å². The lowest BCUT2D eigenvalue weighted by atomic mass is 9.67. The van der Waals surface area contributed by atoms with Crippen LogP contribution in [0.5, 0.6) is 11.5 Å². The highest BCUT2D eigenvalue weighted by atomic mass is 127. The molecule has 0 unspecified atom stereocenters. The van der Waals surface area contributed by atoms with Crippen LogP contribution in [0.3, 0.4) is 0 Å². The van der Waals surface area contributed by atoms with Crippen molar-refractivity contribution < 1.29 is 14.2 Å². The first-order valence-corrected chi connectivity index (χ1v) is 9.38. The van der Waals surface area contributed by atoms with E-state index in [1.165, 1.54) is 19.3 Å². The molecular formula is C20H34IN3O3. The molecule has 0 aromatic heterocycles. The quantitative estimate of drug-likeness (QED) is 0.298. The second-order valence-corrected chi connectivity index (χ2v) is 6.82. The topological polar surface area (TPSA) is 64.1 Å². The van der Waals surface area contributed by atoms with E-state index in [1.807, 2.05) is 18.2 Å². The molecule has 27 heavy (non-hydrogen) atoms. The van der Waals surface area contributed by atoms with Gasteiger partial charge < -0.3 is 24.8 Å². The van der Waals surface area contributed by atoms with Crippen molar-refractivity contribution in [2.45, 2.75) is 39.2 Å². The number of hydrogen-bond acceptors (Lipinski definition) is 4. The maximum atomic E-state index is 5.46. The van der Waals surface area contributed by atoms with E-state index in [1.54, 1.807) is 21.3 Å². The van der Waals surface area contributed by atoms with Gasteiger partial charge >= 0.3 is 0 Å². The third-order valence-electron chi connectivity index (χ3n) is 5.13. The van der Waals surface area contributed by atoms with Gasteiger partial charge in [-0.2, -0.15) is 0 Å². The fraction of sp³-hybridized carbons (Fsp3) is 0.650. The van der Waals surface area contributed by atoms with Crippen LogP contribution in [0.25, 0.3) is 0 Å². The van der Waals surface area contributed by atoms with Gasteiger partial charge in [-0.3, -0.25) is 0 Å². The first kappa shape index (κ1) is 23.8. The summed E-state index contributed by atoms with van der Waals surface area (Å²) in [5.41, 5.74) is 1.38. The molecule has 1 fully saturated rings. The maximum absolute atomic E-state index is 5.46. The number of ether oxygens (including phenoxy) is 3. The Morgan fingerprint density at radius 3 is 2.48 bits per heavy atom. The highest BCUT2D eigenvalue weighted by molar-refractivity contribution is 14.0. The molecule has 6 nitrogen and oxygen atoms in total. The van der Waals surface area contributed by atoms with E-state index >= 15 is 0 Å². The van der Waals surface area contributed by atoms with Gasteiger partial charge in [0.1, 0.15) is 11.5 Å². The molecule has 2 N–H and O–H groups in total. The summed E-state index contributed by atoms with van der Waals surface area (Å²) in [5.74, 6) is 2.42. The minimum absolute atomic E-state index is 0. The van der Waals surface area contributed by atoms with E-state index in [9.17, 15) is 0 Å². The lowest BCUT2D eigenvalue weighted by Crippen LogP contribution is -2.46. The number of nitrogens with one attached hydrogen (secondary N) is 2. The molecule has 1 aliphatic rings. The molecule has 0 spiro atoms. The molecule has 1 aliphatic carbocycles. The lowest BCUT2D eigenvalue weighted by Gasteiger charge is -2.42. The predicted molar refractivity (Wildman–Crippen MR) is 121 cm³/mol. The van der Waals surface area contributed by atoms with Crippen molar-refractivity contribution in [1.29, 1.82) is 0 Å². The highest BCUT2D eigenvalue weighted by Crippen LogP contribution is 2.43. The highest BCUT2D eigenvalue weighted by Gasteiger charge is 2.36. The Kier molecular flexibility index (Phi) is 10.8. The molecule has 2 rings (SSSR count). The number of methoxy groups -OCH3 is 3. The zero-order valence-electron chi connectivity index (χ0n) is 17.0. The van der Waals surface area contributed by atoms with Crippen molar-refractivity contribution in [2.24, 2.45) is 10.4 Å². The van der Waals surface area contributed by atoms with Gasteiger partial charge in [0.25, 0.3) is 0 Å². The van der Waals surface area contributed by atoms with E-state index in [4.69, 9.17) is 19.2 Å². The van der Waals surface area contributed by atoms with Gasteiger partial charge in [0.15, 0.2) is 5.96 Å². The van der Waals surface area contributed by atoms with E-state index < -0.39 is 0 Å². The predicted octanol–water partition coefficient (Wildman–Crippen LogP) is 3.58. The molecule has 0 bridgehead atoms. The number of halogens is 1. The number of rotatable bonds is 10. The Morgan fingerprint density at radius 1 is 1.15 bits per heavy atom. The lowest BCUT2D eigenvalue weighted by molar-refractivity contribution is 0.0732. The molecule has 0 amide bonds. The van der Waals surface area contributed by atoms with Gasteiger partial charge in [-0.15, -0.1) is 24.0 Å². The van der Waals surface area contributed by atoms with Gasteiger partial charge in [-0.05, 0) is 43.7 Å². The summed E-state index contributed by atoms with van der Waals surface area (Å²) in [7, 11) is 5.09. The summed E-state index contributed by atoms with van der Waals surface area (Å²) in [6, 6.07) is 5.82. The van der Waals surface area contributed by atoms with Crippen LogP contribution in [0, 0.1) is 5.41 Å². The average Bonchev–Trinajstić information content (AvgIpc) is 2.64. The SMILES string of the molecule is CCNC(=NCc1ccc(OC)cc1OC)NCC1(CCOC)CCC1.I. The Labute approximate surface area is 180 Å². The van der Waals surface area contributed by atoms with E-state index in [-0.39, 0.29) is 24.0 Å². The molecule has 0 radical (unpaired) electrons. The summed E-state index contributed by atoms with van der Waals surface area (Å²) in [6.07, 6.45) is 4.93. The third kappa shape index (κ3) is 7.03. The first-order valence-electron chi connectivity index (χ1n) is 9.38. The Morgan fingerprint density at radius 2 is 1.93 bits per heavy atom. The molecule has 1 saturated carbocycles. The molecule has 0 aliphatic heterocycles. The summed E-state index contributed by atoms with van der Waals surface area (Å²) < 4.78 is 16.0. The second-order valence-electron chi connectivity index (χ2n) is 6.82. The summed E-state index contributed by atoms with van der Waals surface area (Å²) >= 11 is 0. The van der Waals surface area contributed by atoms with Crippen molar-refractivity contribution in [3.8, 4) is 11.5 Å². The van der Waals surface area contributed by atoms with Crippen molar-refractivity contribution in [2.75, 3.05) is 41.0 Å². The van der Waals surface area contributed by atoms with Gasteiger partial charge in [-0.25, -0.2) is 4.99 Å². The summed E-state index contributed by atoms with van der Waals surface area (Å²) in [4.78, 5) is 4.73. The standard InChI is InChI=1S/C20H33N3O3.HI/c1-5-21-19(23-15-20(9-6-10-20)11-12-24-2)22-14-16-7-8-17(25-3)13-18(16)26-4;/h7-8,13H,5-6,9-12,14-15H2,1-4H3,(H2,21,22,23);1H. The number of aliphatic imine (C=N–C) groups is 1. The van der Waals surface area contributed by atoms with Gasteiger partial charge in [-0.1, -0.05) is 6.42 Å². The Balaban J connectivity index is 0.00000364. The van der Waals surface area contributed by atoms with Crippen LogP contribution in [0.2, 0.25) is 0 Å². The number of guanidine groups is 1. The van der Waals surface area contributed by atoms with E-state index in [0.29, 0.717) is 12.0 Å². The van der Waals surface area contributed by atoms with Crippen LogP contribution in [0.15, 0.2) is 23.2 Å².